The summed E-state index contributed by atoms with van der Waals surface area (Å²) >= 11 is 3.70. The molecule has 1 fully saturated rings. The predicted molar refractivity (Wildman–Crippen MR) is 108 cm³/mol. The van der Waals surface area contributed by atoms with Crippen LogP contribution in [-0.4, -0.2) is 17.5 Å². The van der Waals surface area contributed by atoms with Crippen LogP contribution in [0, 0.1) is 5.92 Å². The first-order chi connectivity index (χ1) is 11.7. The lowest BCUT2D eigenvalue weighted by molar-refractivity contribution is 0.720. The largest absolute Gasteiger partial charge is 0.404 e. The van der Waals surface area contributed by atoms with Crippen LogP contribution in [0.2, 0.25) is 0 Å². The molecule has 1 heterocycles. The van der Waals surface area contributed by atoms with E-state index in [1.807, 2.05) is 17.8 Å². The molecule has 3 nitrogen and oxygen atoms in total. The number of hydrogen-bond donors (Lipinski definition) is 3. The number of rotatable bonds is 7. The zero-order valence-electron chi connectivity index (χ0n) is 14.3. The maximum atomic E-state index is 6.19. The lowest BCUT2D eigenvalue weighted by atomic mass is 9.95. The maximum absolute atomic E-state index is 6.19. The molecule has 0 aromatic rings. The average molecular weight is 362 g/mol. The van der Waals surface area contributed by atoms with Crippen molar-refractivity contribution in [1.82, 2.24) is 5.32 Å². The van der Waals surface area contributed by atoms with E-state index in [4.69, 9.17) is 11.5 Å². The summed E-state index contributed by atoms with van der Waals surface area (Å²) in [7, 11) is 0. The van der Waals surface area contributed by atoms with Crippen LogP contribution >= 0.6 is 23.5 Å². The van der Waals surface area contributed by atoms with Crippen LogP contribution in [0.25, 0.3) is 0 Å². The van der Waals surface area contributed by atoms with Crippen molar-refractivity contribution in [3.63, 3.8) is 0 Å². The zero-order chi connectivity index (χ0) is 16.9. The van der Waals surface area contributed by atoms with E-state index in [2.05, 4.69) is 30.5 Å². The molecule has 130 valence electrons. The van der Waals surface area contributed by atoms with Gasteiger partial charge in [0.2, 0.25) is 0 Å². The normalized spacial score (nSPS) is 27.5. The lowest BCUT2D eigenvalue weighted by Gasteiger charge is -2.14. The van der Waals surface area contributed by atoms with Crippen molar-refractivity contribution in [2.24, 2.45) is 17.4 Å². The first kappa shape index (κ1) is 17.6. The summed E-state index contributed by atoms with van der Waals surface area (Å²) in [5, 5.41) is 3.47. The summed E-state index contributed by atoms with van der Waals surface area (Å²) < 4.78 is 0. The Labute approximate surface area is 153 Å². The average Bonchev–Trinajstić information content (AvgIpc) is 3.12. The zero-order valence-corrected chi connectivity index (χ0v) is 15.9. The molecule has 3 rings (SSSR count). The van der Waals surface area contributed by atoms with Gasteiger partial charge < -0.3 is 16.8 Å². The summed E-state index contributed by atoms with van der Waals surface area (Å²) in [6, 6.07) is 0.481. The van der Waals surface area contributed by atoms with E-state index in [9.17, 15) is 0 Å². The van der Waals surface area contributed by atoms with Gasteiger partial charge in [-0.05, 0) is 43.6 Å². The third-order valence-corrected chi connectivity index (χ3v) is 7.01. The van der Waals surface area contributed by atoms with Gasteiger partial charge in [0, 0.05) is 34.6 Å². The van der Waals surface area contributed by atoms with E-state index in [0.717, 1.165) is 16.5 Å². The molecule has 0 saturated heterocycles. The fraction of sp³-hybridized carbons (Fsp3) is 0.474. The van der Waals surface area contributed by atoms with Crippen molar-refractivity contribution in [1.29, 1.82) is 0 Å². The van der Waals surface area contributed by atoms with Gasteiger partial charge in [-0.15, -0.1) is 23.5 Å². The predicted octanol–water partition coefficient (Wildman–Crippen LogP) is 3.99. The van der Waals surface area contributed by atoms with Crippen molar-refractivity contribution >= 4 is 23.5 Å². The second-order valence-corrected chi connectivity index (χ2v) is 8.78. The third kappa shape index (κ3) is 4.67. The highest BCUT2D eigenvalue weighted by Gasteiger charge is 2.40. The first-order valence-corrected chi connectivity index (χ1v) is 10.6. The van der Waals surface area contributed by atoms with Gasteiger partial charge in [-0.2, -0.15) is 0 Å². The van der Waals surface area contributed by atoms with E-state index in [-0.39, 0.29) is 0 Å². The van der Waals surface area contributed by atoms with Crippen LogP contribution in [0.4, 0.5) is 0 Å². The maximum Gasteiger partial charge on any atom is 0.0974 e. The molecule has 0 spiro atoms. The molecule has 0 amide bonds. The third-order valence-electron chi connectivity index (χ3n) is 4.67. The van der Waals surface area contributed by atoms with Gasteiger partial charge in [0.05, 0.1) is 5.82 Å². The molecule has 5 heteroatoms. The van der Waals surface area contributed by atoms with Crippen molar-refractivity contribution in [2.45, 2.75) is 38.6 Å². The van der Waals surface area contributed by atoms with E-state index >= 15 is 0 Å². The quantitative estimate of drug-likeness (QED) is 0.599. The topological polar surface area (TPSA) is 64.1 Å². The van der Waals surface area contributed by atoms with Gasteiger partial charge >= 0.3 is 0 Å². The molecule has 3 aliphatic rings. The fourth-order valence-electron chi connectivity index (χ4n) is 3.29. The summed E-state index contributed by atoms with van der Waals surface area (Å²) in [4.78, 5) is 2.48. The highest BCUT2D eigenvalue weighted by atomic mass is 32.2. The van der Waals surface area contributed by atoms with Crippen molar-refractivity contribution in [3.8, 4) is 0 Å². The molecule has 1 saturated carbocycles. The monoisotopic (exact) mass is 361 g/mol. The summed E-state index contributed by atoms with van der Waals surface area (Å²) in [5.74, 6) is 3.58. The highest BCUT2D eigenvalue weighted by Crippen LogP contribution is 2.42. The van der Waals surface area contributed by atoms with Crippen molar-refractivity contribution < 1.29 is 0 Å². The van der Waals surface area contributed by atoms with E-state index in [1.165, 1.54) is 41.9 Å². The van der Waals surface area contributed by atoms with Gasteiger partial charge in [0.1, 0.15) is 0 Å². The molecule has 1 aliphatic heterocycles. The van der Waals surface area contributed by atoms with Crippen molar-refractivity contribution in [3.05, 3.63) is 57.3 Å². The second kappa shape index (κ2) is 8.26. The van der Waals surface area contributed by atoms with E-state index in [0.29, 0.717) is 12.0 Å². The van der Waals surface area contributed by atoms with Crippen molar-refractivity contribution in [2.75, 3.05) is 11.5 Å². The SMILES string of the molecule is CC1=C(C2CC2N/C(N)=C/C(=C\N)SCC2=CCCS2)CCC=C1. The highest BCUT2D eigenvalue weighted by molar-refractivity contribution is 8.07. The molecule has 2 unspecified atom stereocenters. The Morgan fingerprint density at radius 3 is 3.04 bits per heavy atom. The number of nitrogens with two attached hydrogens (primary N) is 2. The molecule has 2 aliphatic carbocycles. The second-order valence-electron chi connectivity index (χ2n) is 6.51. The van der Waals surface area contributed by atoms with E-state index < -0.39 is 0 Å². The van der Waals surface area contributed by atoms with Crippen LogP contribution in [0.1, 0.15) is 32.6 Å². The Balaban J connectivity index is 1.50. The molecule has 0 radical (unpaired) electrons. The molecular formula is C19H27N3S2. The minimum Gasteiger partial charge on any atom is -0.404 e. The number of hydrogen-bond acceptors (Lipinski definition) is 5. The smallest absolute Gasteiger partial charge is 0.0974 e. The van der Waals surface area contributed by atoms with Crippen LogP contribution in [0.15, 0.2) is 57.3 Å². The Morgan fingerprint density at radius 1 is 1.46 bits per heavy atom. The summed E-state index contributed by atoms with van der Waals surface area (Å²) in [6.45, 7) is 2.22. The first-order valence-electron chi connectivity index (χ1n) is 8.64. The van der Waals surface area contributed by atoms with Crippen LogP contribution in [0.5, 0.6) is 0 Å². The van der Waals surface area contributed by atoms with E-state index in [1.54, 1.807) is 23.5 Å². The standard InChI is InChI=1S/C19H27N3S2/c1-13-5-2-3-7-16(13)17-10-18(17)22-19(21)9-15(11-20)24-12-14-6-4-8-23-14/h2,5-6,9,11,17-18,22H,3-4,7-8,10,12,20-21H2,1H3/b15-11+,19-9+. The minimum absolute atomic E-state index is 0.481. The van der Waals surface area contributed by atoms with Crippen LogP contribution in [0.3, 0.4) is 0 Å². The summed E-state index contributed by atoms with van der Waals surface area (Å²) in [6.07, 6.45) is 15.2. The molecule has 0 aromatic carbocycles. The lowest BCUT2D eigenvalue weighted by Crippen LogP contribution is -2.24. The molecule has 0 aromatic heterocycles. The fourth-order valence-corrected chi connectivity index (χ4v) is 5.27. The molecule has 5 N–H and O–H groups in total. The van der Waals surface area contributed by atoms with Gasteiger partial charge in [-0.3, -0.25) is 0 Å². The Kier molecular flexibility index (Phi) is 6.06. The molecular weight excluding hydrogens is 334 g/mol. The number of allylic oxidation sites excluding steroid dienone is 5. The van der Waals surface area contributed by atoms with Crippen LogP contribution in [-0.2, 0) is 0 Å². The Bertz CT molecular complexity index is 629. The van der Waals surface area contributed by atoms with Gasteiger partial charge in [-0.1, -0.05) is 29.4 Å². The molecule has 0 bridgehead atoms. The van der Waals surface area contributed by atoms with Gasteiger partial charge in [0.25, 0.3) is 0 Å². The number of nitrogens with one attached hydrogen (secondary N) is 1. The molecule has 24 heavy (non-hydrogen) atoms. The summed E-state index contributed by atoms with van der Waals surface area (Å²) in [5.41, 5.74) is 15.0. The Morgan fingerprint density at radius 2 is 2.33 bits per heavy atom. The minimum atomic E-state index is 0.481. The van der Waals surface area contributed by atoms with Gasteiger partial charge in [-0.25, -0.2) is 0 Å². The van der Waals surface area contributed by atoms with Crippen LogP contribution < -0.4 is 16.8 Å². The molecule has 2 atom stereocenters. The Hall–Kier alpha value is -1.20. The van der Waals surface area contributed by atoms with Gasteiger partial charge in [0.15, 0.2) is 0 Å². The number of thioether (sulfide) groups is 2.